The lowest BCUT2D eigenvalue weighted by molar-refractivity contribution is -0.308. The molecule has 1 aliphatic rings. The first-order chi connectivity index (χ1) is 14.0. The van der Waals surface area contributed by atoms with Gasteiger partial charge in [0, 0.05) is 11.1 Å². The topological polar surface area (TPSA) is 89.5 Å². The van der Waals surface area contributed by atoms with Crippen molar-refractivity contribution in [2.24, 2.45) is 0 Å². The molecular formula is C24H24NO4-. The summed E-state index contributed by atoms with van der Waals surface area (Å²) in [6, 6.07) is 14.5. The summed E-state index contributed by atoms with van der Waals surface area (Å²) in [5.41, 5.74) is 0.911. The number of carboxylic acid groups (broad SMARTS) is 1. The Kier molecular flexibility index (Phi) is 6.69. The molecule has 1 aliphatic carbocycles. The highest BCUT2D eigenvalue weighted by Gasteiger charge is 2.26. The summed E-state index contributed by atoms with van der Waals surface area (Å²) in [5.74, 6) is 4.12. The molecule has 3 rings (SSSR count). The molecule has 0 spiro atoms. The van der Waals surface area contributed by atoms with E-state index < -0.39 is 23.5 Å². The van der Waals surface area contributed by atoms with Gasteiger partial charge in [-0.05, 0) is 61.9 Å². The minimum Gasteiger partial charge on any atom is -0.548 e. The number of benzene rings is 2. The van der Waals surface area contributed by atoms with Gasteiger partial charge in [0.1, 0.15) is 5.60 Å². The normalized spacial score (nSPS) is 16.2. The molecule has 2 N–H and O–H groups in total. The van der Waals surface area contributed by atoms with Crippen molar-refractivity contribution < 1.29 is 19.8 Å². The van der Waals surface area contributed by atoms with Gasteiger partial charge in [-0.3, -0.25) is 4.79 Å². The Balaban J connectivity index is 1.64. The van der Waals surface area contributed by atoms with Gasteiger partial charge < -0.3 is 20.3 Å². The molecule has 0 saturated heterocycles. The number of carbonyl (C=O) groups excluding carboxylic acids is 2. The average Bonchev–Trinajstić information content (AvgIpc) is 2.73. The summed E-state index contributed by atoms with van der Waals surface area (Å²) in [7, 11) is 0. The molecule has 1 atom stereocenters. The van der Waals surface area contributed by atoms with Gasteiger partial charge >= 0.3 is 0 Å². The number of carboxylic acids is 1. The van der Waals surface area contributed by atoms with Gasteiger partial charge in [-0.15, -0.1) is 0 Å². The van der Waals surface area contributed by atoms with E-state index in [0.29, 0.717) is 24.0 Å². The number of hydrogen-bond donors (Lipinski definition) is 2. The molecule has 29 heavy (non-hydrogen) atoms. The largest absolute Gasteiger partial charge is 0.548 e. The zero-order chi connectivity index (χ0) is 20.7. The molecule has 5 nitrogen and oxygen atoms in total. The van der Waals surface area contributed by atoms with Crippen LogP contribution in [0.4, 0.5) is 0 Å². The second kappa shape index (κ2) is 9.40. The van der Waals surface area contributed by atoms with Crippen LogP contribution in [0.15, 0.2) is 54.6 Å². The van der Waals surface area contributed by atoms with Crippen LogP contribution in [-0.4, -0.2) is 28.6 Å². The van der Waals surface area contributed by atoms with E-state index >= 15 is 0 Å². The molecule has 0 bridgehead atoms. The van der Waals surface area contributed by atoms with E-state index in [-0.39, 0.29) is 6.42 Å². The Labute approximate surface area is 170 Å². The molecule has 1 fully saturated rings. The van der Waals surface area contributed by atoms with Crippen LogP contribution in [0.5, 0.6) is 0 Å². The first kappa shape index (κ1) is 20.6. The molecule has 2 aromatic rings. The van der Waals surface area contributed by atoms with Crippen molar-refractivity contribution in [3.05, 3.63) is 71.3 Å². The van der Waals surface area contributed by atoms with Crippen LogP contribution in [0.3, 0.4) is 0 Å². The predicted octanol–water partition coefficient (Wildman–Crippen LogP) is 1.82. The Hall–Kier alpha value is -3.10. The fourth-order valence-electron chi connectivity index (χ4n) is 3.44. The van der Waals surface area contributed by atoms with Crippen LogP contribution in [0.1, 0.15) is 53.6 Å². The second-order valence-corrected chi connectivity index (χ2v) is 7.45. The lowest BCUT2D eigenvalue weighted by Gasteiger charge is -2.26. The average molecular weight is 390 g/mol. The van der Waals surface area contributed by atoms with E-state index in [2.05, 4.69) is 17.2 Å². The fourth-order valence-corrected chi connectivity index (χ4v) is 3.44. The van der Waals surface area contributed by atoms with Gasteiger partial charge in [0.15, 0.2) is 0 Å². The molecule has 2 aromatic carbocycles. The van der Waals surface area contributed by atoms with Crippen LogP contribution in [-0.2, 0) is 11.2 Å². The highest BCUT2D eigenvalue weighted by molar-refractivity contribution is 5.96. The quantitative estimate of drug-likeness (QED) is 0.762. The summed E-state index contributed by atoms with van der Waals surface area (Å²) in [5, 5.41) is 24.4. The van der Waals surface area contributed by atoms with Crippen molar-refractivity contribution in [1.82, 2.24) is 5.32 Å². The molecule has 1 amide bonds. The van der Waals surface area contributed by atoms with E-state index in [9.17, 15) is 19.8 Å². The van der Waals surface area contributed by atoms with Gasteiger partial charge in [0.25, 0.3) is 5.91 Å². The molecule has 150 valence electrons. The van der Waals surface area contributed by atoms with Crippen LogP contribution in [0.25, 0.3) is 0 Å². The number of carbonyl (C=O) groups is 2. The summed E-state index contributed by atoms with van der Waals surface area (Å²) in [4.78, 5) is 23.9. The van der Waals surface area contributed by atoms with Crippen LogP contribution in [0.2, 0.25) is 0 Å². The summed E-state index contributed by atoms with van der Waals surface area (Å²) in [6.45, 7) is 0. The predicted molar refractivity (Wildman–Crippen MR) is 108 cm³/mol. The van der Waals surface area contributed by atoms with Gasteiger partial charge in [0.05, 0.1) is 12.0 Å². The molecule has 0 heterocycles. The lowest BCUT2D eigenvalue weighted by Crippen LogP contribution is -2.49. The summed E-state index contributed by atoms with van der Waals surface area (Å²) < 4.78 is 0. The molecule has 0 unspecified atom stereocenters. The van der Waals surface area contributed by atoms with Crippen molar-refractivity contribution in [2.45, 2.75) is 50.2 Å². The Morgan fingerprint density at radius 2 is 1.69 bits per heavy atom. The molecule has 0 radical (unpaired) electrons. The number of rotatable bonds is 5. The van der Waals surface area contributed by atoms with E-state index in [1.54, 1.807) is 36.4 Å². The molecular weight excluding hydrogens is 366 g/mol. The fraction of sp³-hybridized carbons (Fsp3) is 0.333. The Bertz CT molecular complexity index is 903. The van der Waals surface area contributed by atoms with Gasteiger partial charge in [0.2, 0.25) is 0 Å². The number of amides is 1. The van der Waals surface area contributed by atoms with E-state index in [1.165, 1.54) is 0 Å². The number of nitrogens with one attached hydrogen (secondary N) is 1. The highest BCUT2D eigenvalue weighted by atomic mass is 16.4. The highest BCUT2D eigenvalue weighted by Crippen LogP contribution is 2.27. The van der Waals surface area contributed by atoms with Crippen molar-refractivity contribution in [3.8, 4) is 11.8 Å². The lowest BCUT2D eigenvalue weighted by atomic mass is 9.85. The monoisotopic (exact) mass is 390 g/mol. The molecule has 0 aromatic heterocycles. The molecule has 5 heteroatoms. The van der Waals surface area contributed by atoms with Crippen LogP contribution >= 0.6 is 0 Å². The third kappa shape index (κ3) is 5.94. The SMILES string of the molecule is O=C(N[C@@H](Cc1ccccc1)C(=O)[O-])c1ccc(C#CC2(O)CCCCC2)cc1. The second-order valence-electron chi connectivity index (χ2n) is 7.45. The number of aliphatic carboxylic acids is 1. The van der Waals surface area contributed by atoms with Gasteiger partial charge in [-0.1, -0.05) is 48.6 Å². The maximum atomic E-state index is 12.4. The number of aliphatic hydroxyl groups is 1. The third-order valence-electron chi connectivity index (χ3n) is 5.14. The van der Waals surface area contributed by atoms with E-state index in [4.69, 9.17) is 0 Å². The number of hydrogen-bond acceptors (Lipinski definition) is 4. The summed E-state index contributed by atoms with van der Waals surface area (Å²) in [6.07, 6.45) is 4.61. The summed E-state index contributed by atoms with van der Waals surface area (Å²) >= 11 is 0. The van der Waals surface area contributed by atoms with Crippen LogP contribution in [0, 0.1) is 11.8 Å². The smallest absolute Gasteiger partial charge is 0.251 e. The van der Waals surface area contributed by atoms with Crippen molar-refractivity contribution in [1.29, 1.82) is 0 Å². The maximum absolute atomic E-state index is 12.4. The Morgan fingerprint density at radius 1 is 1.03 bits per heavy atom. The van der Waals surface area contributed by atoms with Gasteiger partial charge in [-0.2, -0.15) is 0 Å². The first-order valence-corrected chi connectivity index (χ1v) is 9.86. The van der Waals surface area contributed by atoms with Crippen molar-refractivity contribution >= 4 is 11.9 Å². The standard InChI is InChI=1S/C24H25NO4/c26-22(25-21(23(27)28)17-19-7-3-1-4-8-19)20-11-9-18(10-12-20)13-16-24(29)14-5-2-6-15-24/h1,3-4,7-12,21,29H,2,5-6,14-15,17H2,(H,25,26)(H,27,28)/p-1/t21-/m0/s1. The minimum absolute atomic E-state index is 0.150. The van der Waals surface area contributed by atoms with Crippen LogP contribution < -0.4 is 10.4 Å². The van der Waals surface area contributed by atoms with Gasteiger partial charge in [-0.25, -0.2) is 0 Å². The third-order valence-corrected chi connectivity index (χ3v) is 5.14. The van der Waals surface area contributed by atoms with Crippen molar-refractivity contribution in [3.63, 3.8) is 0 Å². The Morgan fingerprint density at radius 3 is 2.31 bits per heavy atom. The minimum atomic E-state index is -1.33. The zero-order valence-corrected chi connectivity index (χ0v) is 16.2. The molecule has 0 aliphatic heterocycles. The van der Waals surface area contributed by atoms with E-state index in [0.717, 1.165) is 24.8 Å². The van der Waals surface area contributed by atoms with E-state index in [1.807, 2.05) is 18.2 Å². The molecule has 1 saturated carbocycles. The zero-order valence-electron chi connectivity index (χ0n) is 16.2. The van der Waals surface area contributed by atoms with Crippen molar-refractivity contribution in [2.75, 3.05) is 0 Å². The first-order valence-electron chi connectivity index (χ1n) is 9.86. The maximum Gasteiger partial charge on any atom is 0.251 e.